The van der Waals surface area contributed by atoms with Crippen LogP contribution in [0.2, 0.25) is 0 Å². The van der Waals surface area contributed by atoms with Gasteiger partial charge in [0.15, 0.2) is 0 Å². The zero-order valence-corrected chi connectivity index (χ0v) is 16.7. The minimum absolute atomic E-state index is 0.0142. The highest BCUT2D eigenvalue weighted by molar-refractivity contribution is 7.20. The highest BCUT2D eigenvalue weighted by atomic mass is 32.1. The maximum Gasteiger partial charge on any atom is 0.264 e. The number of ether oxygens (including phenoxy) is 1. The Balaban J connectivity index is 1.76. The number of hydrogen-bond acceptors (Lipinski definition) is 5. The number of thiophene rings is 1. The highest BCUT2D eigenvalue weighted by Crippen LogP contribution is 2.29. The zero-order chi connectivity index (χ0) is 18.8. The van der Waals surface area contributed by atoms with Gasteiger partial charge in [0.2, 0.25) is 0 Å². The van der Waals surface area contributed by atoms with E-state index in [0.717, 1.165) is 18.4 Å². The first kappa shape index (κ1) is 19.0. The van der Waals surface area contributed by atoms with Crippen molar-refractivity contribution in [1.29, 1.82) is 0 Å². The van der Waals surface area contributed by atoms with E-state index in [1.165, 1.54) is 17.8 Å². The molecule has 7 heteroatoms. The van der Waals surface area contributed by atoms with E-state index in [1.54, 1.807) is 6.92 Å². The number of nitrogens with zero attached hydrogens (tertiary/aromatic N) is 2. The molecule has 1 amide bonds. The Labute approximate surface area is 157 Å². The van der Waals surface area contributed by atoms with Gasteiger partial charge in [-0.25, -0.2) is 4.98 Å². The van der Waals surface area contributed by atoms with Crippen LogP contribution >= 0.6 is 11.3 Å². The Morgan fingerprint density at radius 2 is 2.19 bits per heavy atom. The van der Waals surface area contributed by atoms with Gasteiger partial charge >= 0.3 is 0 Å². The fourth-order valence-electron chi connectivity index (χ4n) is 3.43. The summed E-state index contributed by atoms with van der Waals surface area (Å²) in [6.45, 7) is 9.81. The van der Waals surface area contributed by atoms with E-state index in [2.05, 4.69) is 23.8 Å². The fourth-order valence-corrected chi connectivity index (χ4v) is 4.63. The lowest BCUT2D eigenvalue weighted by atomic mass is 10.0. The first-order chi connectivity index (χ1) is 12.4. The third kappa shape index (κ3) is 3.99. The van der Waals surface area contributed by atoms with Crippen molar-refractivity contribution in [3.8, 4) is 0 Å². The Bertz CT molecular complexity index is 856. The molecule has 1 aliphatic rings. The number of morpholine rings is 1. The predicted molar refractivity (Wildman–Crippen MR) is 104 cm³/mol. The molecule has 0 radical (unpaired) electrons. The van der Waals surface area contributed by atoms with Crippen LogP contribution in [0.25, 0.3) is 10.2 Å². The summed E-state index contributed by atoms with van der Waals surface area (Å²) in [4.78, 5) is 35.5. The van der Waals surface area contributed by atoms with Gasteiger partial charge in [0, 0.05) is 13.1 Å². The Morgan fingerprint density at radius 3 is 2.92 bits per heavy atom. The zero-order valence-electron chi connectivity index (χ0n) is 15.9. The van der Waals surface area contributed by atoms with Crippen LogP contribution in [0.4, 0.5) is 0 Å². The number of amides is 1. The molecule has 2 aromatic heterocycles. The Hall–Kier alpha value is -1.73. The second kappa shape index (κ2) is 7.88. The van der Waals surface area contributed by atoms with Gasteiger partial charge in [-0.15, -0.1) is 11.3 Å². The summed E-state index contributed by atoms with van der Waals surface area (Å²) in [5, 5.41) is 0.533. The van der Waals surface area contributed by atoms with Crippen LogP contribution in [0.3, 0.4) is 0 Å². The minimum Gasteiger partial charge on any atom is -0.375 e. The molecule has 0 bridgehead atoms. The Kier molecular flexibility index (Phi) is 5.77. The van der Waals surface area contributed by atoms with Crippen molar-refractivity contribution < 1.29 is 9.53 Å². The van der Waals surface area contributed by atoms with E-state index < -0.39 is 0 Å². The second-order valence-corrected chi connectivity index (χ2v) is 8.46. The quantitative estimate of drug-likeness (QED) is 0.868. The molecule has 2 aromatic rings. The van der Waals surface area contributed by atoms with Gasteiger partial charge in [0.1, 0.15) is 10.7 Å². The number of H-pyrrole nitrogens is 1. The smallest absolute Gasteiger partial charge is 0.264 e. The molecule has 1 N–H and O–H groups in total. The molecule has 3 heterocycles. The fraction of sp³-hybridized carbons (Fsp3) is 0.632. The van der Waals surface area contributed by atoms with Crippen molar-refractivity contribution in [2.45, 2.75) is 53.1 Å². The first-order valence-corrected chi connectivity index (χ1v) is 10.1. The summed E-state index contributed by atoms with van der Waals surface area (Å²) in [6.07, 6.45) is 3.38. The number of aryl methyl sites for hydroxylation is 2. The summed E-state index contributed by atoms with van der Waals surface area (Å²) in [5.74, 6) is 1.24. The van der Waals surface area contributed by atoms with Gasteiger partial charge < -0.3 is 14.6 Å². The van der Waals surface area contributed by atoms with Gasteiger partial charge in [-0.3, -0.25) is 9.59 Å². The number of hydrogen-bond donors (Lipinski definition) is 1. The lowest BCUT2D eigenvalue weighted by Gasteiger charge is -2.33. The average molecular weight is 378 g/mol. The number of rotatable bonds is 5. The molecule has 0 aromatic carbocycles. The van der Waals surface area contributed by atoms with Gasteiger partial charge in [0.25, 0.3) is 11.5 Å². The van der Waals surface area contributed by atoms with E-state index >= 15 is 0 Å². The van der Waals surface area contributed by atoms with E-state index in [9.17, 15) is 9.59 Å². The molecule has 0 aliphatic carbocycles. The monoisotopic (exact) mass is 377 g/mol. The molecule has 0 spiro atoms. The maximum absolute atomic E-state index is 13.1. The summed E-state index contributed by atoms with van der Waals surface area (Å²) in [7, 11) is 0. The van der Waals surface area contributed by atoms with Crippen LogP contribution in [0.5, 0.6) is 0 Å². The molecule has 1 fully saturated rings. The first-order valence-electron chi connectivity index (χ1n) is 9.27. The summed E-state index contributed by atoms with van der Waals surface area (Å²) >= 11 is 1.31. The second-order valence-electron chi connectivity index (χ2n) is 7.46. The van der Waals surface area contributed by atoms with Gasteiger partial charge in [-0.05, 0) is 31.7 Å². The van der Waals surface area contributed by atoms with E-state index in [4.69, 9.17) is 4.74 Å². The lowest BCUT2D eigenvalue weighted by Crippen LogP contribution is -2.45. The van der Waals surface area contributed by atoms with Crippen LogP contribution in [-0.2, 0) is 4.74 Å². The number of nitrogens with one attached hydrogen (secondary N) is 1. The SMILES string of the molecule is Cc1nc2sc(C(=O)N3CCO[C@@H](CCCC(C)C)C3)c(C)c2c(=O)[nH]1. The summed E-state index contributed by atoms with van der Waals surface area (Å²) in [6, 6.07) is 0. The van der Waals surface area contributed by atoms with Crippen LogP contribution in [-0.4, -0.2) is 46.6 Å². The van der Waals surface area contributed by atoms with Crippen molar-refractivity contribution in [3.05, 3.63) is 26.6 Å². The van der Waals surface area contributed by atoms with E-state index in [0.29, 0.717) is 46.5 Å². The van der Waals surface area contributed by atoms with Crippen LogP contribution in [0.15, 0.2) is 4.79 Å². The van der Waals surface area contributed by atoms with E-state index in [1.807, 2.05) is 11.8 Å². The van der Waals surface area contributed by atoms with Gasteiger partial charge in [0.05, 0.1) is 23.0 Å². The van der Waals surface area contributed by atoms with Gasteiger partial charge in [-0.1, -0.05) is 26.7 Å². The van der Waals surface area contributed by atoms with Crippen molar-refractivity contribution in [2.75, 3.05) is 19.7 Å². The molecule has 26 heavy (non-hydrogen) atoms. The number of aromatic amines is 1. The topological polar surface area (TPSA) is 75.3 Å². The Morgan fingerprint density at radius 1 is 1.42 bits per heavy atom. The third-order valence-corrected chi connectivity index (χ3v) is 6.02. The molecule has 6 nitrogen and oxygen atoms in total. The number of fused-ring (bicyclic) bond motifs is 1. The van der Waals surface area contributed by atoms with Crippen LogP contribution in [0.1, 0.15) is 54.2 Å². The van der Waals surface area contributed by atoms with Crippen molar-refractivity contribution >= 4 is 27.5 Å². The molecule has 1 saturated heterocycles. The molecule has 1 aliphatic heterocycles. The molecule has 0 unspecified atom stereocenters. The number of carbonyl (C=O) groups excluding carboxylic acids is 1. The van der Waals surface area contributed by atoms with Crippen LogP contribution < -0.4 is 5.56 Å². The normalized spacial score (nSPS) is 18.0. The van der Waals surface area contributed by atoms with Crippen molar-refractivity contribution in [3.63, 3.8) is 0 Å². The van der Waals surface area contributed by atoms with Crippen molar-refractivity contribution in [1.82, 2.24) is 14.9 Å². The highest BCUT2D eigenvalue weighted by Gasteiger charge is 2.28. The lowest BCUT2D eigenvalue weighted by molar-refractivity contribution is -0.0258. The summed E-state index contributed by atoms with van der Waals surface area (Å²) < 4.78 is 5.84. The average Bonchev–Trinajstić information content (AvgIpc) is 2.90. The van der Waals surface area contributed by atoms with Crippen molar-refractivity contribution in [2.24, 2.45) is 5.92 Å². The standard InChI is InChI=1S/C19H27N3O3S/c1-11(2)6-5-7-14-10-22(8-9-25-14)19(24)16-12(3)15-17(23)20-13(4)21-18(15)26-16/h11,14H,5-10H2,1-4H3,(H,20,21,23)/t14-/m0/s1. The predicted octanol–water partition coefficient (Wildman–Crippen LogP) is 3.27. The molecule has 1 atom stereocenters. The molecular formula is C19H27N3O3S. The van der Waals surface area contributed by atoms with Gasteiger partial charge in [-0.2, -0.15) is 0 Å². The molecule has 0 saturated carbocycles. The van der Waals surface area contributed by atoms with E-state index in [-0.39, 0.29) is 17.6 Å². The number of carbonyl (C=O) groups is 1. The summed E-state index contributed by atoms with van der Waals surface area (Å²) in [5.41, 5.74) is 0.556. The largest absolute Gasteiger partial charge is 0.375 e. The molecule has 142 valence electrons. The third-order valence-electron chi connectivity index (χ3n) is 4.85. The maximum atomic E-state index is 13.1. The number of aromatic nitrogens is 2. The van der Waals surface area contributed by atoms with Crippen LogP contribution in [0, 0.1) is 19.8 Å². The minimum atomic E-state index is -0.172. The molecular weight excluding hydrogens is 350 g/mol. The molecule has 3 rings (SSSR count).